The predicted molar refractivity (Wildman–Crippen MR) is 128 cm³/mol. The topological polar surface area (TPSA) is 71.0 Å². The molecule has 0 bridgehead atoms. The summed E-state index contributed by atoms with van der Waals surface area (Å²) in [4.78, 5) is 6.72. The second-order valence-corrected chi connectivity index (χ2v) is 7.34. The Morgan fingerprint density at radius 2 is 1.44 bits per heavy atom. The van der Waals surface area contributed by atoms with Gasteiger partial charge in [0.05, 0.1) is 20.6 Å². The van der Waals surface area contributed by atoms with Gasteiger partial charge in [-0.2, -0.15) is 5.26 Å². The van der Waals surface area contributed by atoms with E-state index in [0.717, 1.165) is 48.6 Å². The summed E-state index contributed by atoms with van der Waals surface area (Å²) in [7, 11) is 3.26. The van der Waals surface area contributed by atoms with Crippen molar-refractivity contribution in [1.82, 2.24) is 4.90 Å². The van der Waals surface area contributed by atoms with Gasteiger partial charge < -0.3 is 18.8 Å². The zero-order chi connectivity index (χ0) is 22.9. The molecule has 166 valence electrons. The maximum absolute atomic E-state index is 10.0. The quantitative estimate of drug-likeness (QED) is 0.279. The molecule has 1 heterocycles. The summed E-state index contributed by atoms with van der Waals surface area (Å²) < 4.78 is 16.8. The highest BCUT2D eigenvalue weighted by Gasteiger charge is 2.23. The number of furan rings is 1. The maximum Gasteiger partial charge on any atom is 0.239 e. The third-order valence-electron chi connectivity index (χ3n) is 5.09. The van der Waals surface area contributed by atoms with E-state index in [-0.39, 0.29) is 0 Å². The molecular formula is C26H29N3O3. The van der Waals surface area contributed by atoms with Gasteiger partial charge in [-0.15, -0.1) is 0 Å². The molecule has 0 N–H and O–H groups in total. The molecule has 0 aliphatic heterocycles. The van der Waals surface area contributed by atoms with Gasteiger partial charge in [0.15, 0.2) is 0 Å². The highest BCUT2D eigenvalue weighted by molar-refractivity contribution is 5.88. The Labute approximate surface area is 189 Å². The maximum atomic E-state index is 10.0. The SMILES string of the molecule is CCCN(C=Nc1oc(-c2ccc(OC)cc2)c(-c2ccc(OC)cc2)c1C#N)CCC. The lowest BCUT2D eigenvalue weighted by Crippen LogP contribution is -2.23. The molecule has 0 radical (unpaired) electrons. The Morgan fingerprint density at radius 3 is 1.91 bits per heavy atom. The number of hydrogen-bond acceptors (Lipinski definition) is 5. The normalized spacial score (nSPS) is 10.8. The Bertz CT molecular complexity index is 1070. The van der Waals surface area contributed by atoms with E-state index in [9.17, 15) is 5.26 Å². The minimum Gasteiger partial charge on any atom is -0.497 e. The standard InChI is InChI=1S/C26H29N3O3/c1-5-15-29(16-6-2)18-28-26-23(17-27)24(19-7-11-21(30-3)12-8-19)25(32-26)20-9-13-22(31-4)14-10-20/h7-14,18H,5-6,15-16H2,1-4H3. The predicted octanol–water partition coefficient (Wildman–Crippen LogP) is 6.28. The van der Waals surface area contributed by atoms with Gasteiger partial charge in [0.25, 0.3) is 0 Å². The highest BCUT2D eigenvalue weighted by atomic mass is 16.5. The molecule has 3 aromatic rings. The number of methoxy groups -OCH3 is 2. The molecule has 6 heteroatoms. The average molecular weight is 432 g/mol. The van der Waals surface area contributed by atoms with Gasteiger partial charge in [0, 0.05) is 24.2 Å². The summed E-state index contributed by atoms with van der Waals surface area (Å²) in [6.07, 6.45) is 3.81. The van der Waals surface area contributed by atoms with Crippen LogP contribution in [0.5, 0.6) is 11.5 Å². The van der Waals surface area contributed by atoms with E-state index in [0.29, 0.717) is 22.8 Å². The second kappa shape index (κ2) is 11.1. The minimum absolute atomic E-state index is 0.307. The van der Waals surface area contributed by atoms with Crippen LogP contribution in [0.15, 0.2) is 57.9 Å². The Balaban J connectivity index is 2.14. The molecule has 0 aliphatic rings. The molecule has 0 amide bonds. The monoisotopic (exact) mass is 431 g/mol. The first kappa shape index (κ1) is 23.0. The zero-order valence-electron chi connectivity index (χ0n) is 19.1. The van der Waals surface area contributed by atoms with Crippen LogP contribution in [0.3, 0.4) is 0 Å². The molecular weight excluding hydrogens is 402 g/mol. The van der Waals surface area contributed by atoms with Gasteiger partial charge in [-0.05, 0) is 54.8 Å². The minimum atomic E-state index is 0.307. The van der Waals surface area contributed by atoms with Crippen molar-refractivity contribution in [2.45, 2.75) is 26.7 Å². The molecule has 0 atom stereocenters. The Kier molecular flexibility index (Phi) is 7.93. The fourth-order valence-corrected chi connectivity index (χ4v) is 3.53. The van der Waals surface area contributed by atoms with Crippen molar-refractivity contribution < 1.29 is 13.9 Å². The molecule has 0 fully saturated rings. The molecule has 0 saturated heterocycles. The van der Waals surface area contributed by atoms with Crippen molar-refractivity contribution in [3.63, 3.8) is 0 Å². The summed E-state index contributed by atoms with van der Waals surface area (Å²) in [5, 5.41) is 10.0. The van der Waals surface area contributed by atoms with Gasteiger partial charge in [0.1, 0.15) is 28.9 Å². The number of aliphatic imine (C=N–C) groups is 1. The van der Waals surface area contributed by atoms with Crippen LogP contribution >= 0.6 is 0 Å². The second-order valence-electron chi connectivity index (χ2n) is 7.34. The lowest BCUT2D eigenvalue weighted by molar-refractivity contribution is 0.414. The molecule has 0 spiro atoms. The summed E-state index contributed by atoms with van der Waals surface area (Å²) in [6.45, 7) is 6.06. The third-order valence-corrected chi connectivity index (χ3v) is 5.09. The van der Waals surface area contributed by atoms with Gasteiger partial charge in [0.2, 0.25) is 5.88 Å². The zero-order valence-corrected chi connectivity index (χ0v) is 19.1. The van der Waals surface area contributed by atoms with Crippen molar-refractivity contribution in [1.29, 1.82) is 5.26 Å². The van der Waals surface area contributed by atoms with Crippen LogP contribution in [-0.4, -0.2) is 38.5 Å². The van der Waals surface area contributed by atoms with Crippen molar-refractivity contribution in [2.24, 2.45) is 4.99 Å². The molecule has 3 rings (SSSR count). The van der Waals surface area contributed by atoms with Gasteiger partial charge >= 0.3 is 0 Å². The van der Waals surface area contributed by atoms with Crippen LogP contribution in [0, 0.1) is 11.3 Å². The molecule has 0 unspecified atom stereocenters. The van der Waals surface area contributed by atoms with E-state index in [2.05, 4.69) is 29.8 Å². The fraction of sp³-hybridized carbons (Fsp3) is 0.308. The number of hydrogen-bond donors (Lipinski definition) is 0. The molecule has 2 aromatic carbocycles. The largest absolute Gasteiger partial charge is 0.497 e. The van der Waals surface area contributed by atoms with Crippen molar-refractivity contribution in [3.05, 3.63) is 54.1 Å². The van der Waals surface area contributed by atoms with E-state index in [1.807, 2.05) is 48.5 Å². The van der Waals surface area contributed by atoms with E-state index in [1.54, 1.807) is 20.6 Å². The van der Waals surface area contributed by atoms with E-state index in [1.165, 1.54) is 0 Å². The lowest BCUT2D eigenvalue weighted by atomic mass is 9.98. The van der Waals surface area contributed by atoms with Crippen molar-refractivity contribution in [2.75, 3.05) is 27.3 Å². The number of nitrogens with zero attached hydrogens (tertiary/aromatic N) is 3. The summed E-state index contributed by atoms with van der Waals surface area (Å²) in [6, 6.07) is 17.5. The number of benzene rings is 2. The first-order valence-corrected chi connectivity index (χ1v) is 10.8. The van der Waals surface area contributed by atoms with Crippen molar-refractivity contribution >= 4 is 12.2 Å². The number of rotatable bonds is 10. The third kappa shape index (κ3) is 5.12. The Morgan fingerprint density at radius 1 is 0.906 bits per heavy atom. The van der Waals surface area contributed by atoms with Gasteiger partial charge in [-0.3, -0.25) is 0 Å². The van der Waals surface area contributed by atoms with Gasteiger partial charge in [-0.1, -0.05) is 26.0 Å². The highest BCUT2D eigenvalue weighted by Crippen LogP contribution is 2.43. The van der Waals surface area contributed by atoms with Crippen LogP contribution in [-0.2, 0) is 0 Å². The fourth-order valence-electron chi connectivity index (χ4n) is 3.53. The summed E-state index contributed by atoms with van der Waals surface area (Å²) in [5.74, 6) is 2.40. The smallest absolute Gasteiger partial charge is 0.239 e. The van der Waals surface area contributed by atoms with Crippen LogP contribution in [0.25, 0.3) is 22.5 Å². The van der Waals surface area contributed by atoms with E-state index >= 15 is 0 Å². The first-order valence-electron chi connectivity index (χ1n) is 10.8. The number of nitriles is 1. The summed E-state index contributed by atoms with van der Waals surface area (Å²) in [5.41, 5.74) is 2.82. The van der Waals surface area contributed by atoms with Crippen LogP contribution in [0.1, 0.15) is 32.3 Å². The number of ether oxygens (including phenoxy) is 2. The van der Waals surface area contributed by atoms with E-state index in [4.69, 9.17) is 13.9 Å². The van der Waals surface area contributed by atoms with E-state index < -0.39 is 0 Å². The lowest BCUT2D eigenvalue weighted by Gasteiger charge is -2.16. The molecule has 0 saturated carbocycles. The first-order chi connectivity index (χ1) is 15.6. The van der Waals surface area contributed by atoms with Crippen LogP contribution < -0.4 is 9.47 Å². The van der Waals surface area contributed by atoms with Crippen LogP contribution in [0.4, 0.5) is 5.88 Å². The summed E-state index contributed by atoms with van der Waals surface area (Å²) >= 11 is 0. The molecule has 1 aromatic heterocycles. The molecule has 6 nitrogen and oxygen atoms in total. The molecule has 32 heavy (non-hydrogen) atoms. The average Bonchev–Trinajstić information content (AvgIpc) is 3.21. The Hall–Kier alpha value is -3.72. The molecule has 0 aliphatic carbocycles. The van der Waals surface area contributed by atoms with Gasteiger partial charge in [-0.25, -0.2) is 4.99 Å². The van der Waals surface area contributed by atoms with Crippen molar-refractivity contribution in [3.8, 4) is 40.0 Å². The van der Waals surface area contributed by atoms with Crippen LogP contribution in [0.2, 0.25) is 0 Å².